The Labute approximate surface area is 117 Å². The number of aliphatic hydroxyl groups excluding tert-OH is 1. The van der Waals surface area contributed by atoms with Gasteiger partial charge in [-0.25, -0.2) is 4.39 Å². The Balaban J connectivity index is 2.85. The van der Waals surface area contributed by atoms with Crippen LogP contribution in [0.2, 0.25) is 0 Å². The van der Waals surface area contributed by atoms with Gasteiger partial charge in [-0.15, -0.1) is 0 Å². The molecule has 2 nitrogen and oxygen atoms in total. The molecule has 0 bridgehead atoms. The van der Waals surface area contributed by atoms with E-state index >= 15 is 0 Å². The van der Waals surface area contributed by atoms with Gasteiger partial charge < -0.3 is 5.11 Å². The molecule has 18 heavy (non-hydrogen) atoms. The summed E-state index contributed by atoms with van der Waals surface area (Å²) < 4.78 is 14.6. The molecule has 0 atom stereocenters. The summed E-state index contributed by atoms with van der Waals surface area (Å²) >= 11 is 3.36. The Morgan fingerprint density at radius 2 is 2.00 bits per heavy atom. The van der Waals surface area contributed by atoms with Gasteiger partial charge in [0.05, 0.1) is 6.61 Å². The molecule has 0 saturated carbocycles. The maximum Gasteiger partial charge on any atom is 0.127 e. The van der Waals surface area contributed by atoms with Crippen LogP contribution >= 0.6 is 15.9 Å². The molecule has 0 spiro atoms. The van der Waals surface area contributed by atoms with Crippen LogP contribution in [-0.4, -0.2) is 29.2 Å². The van der Waals surface area contributed by atoms with Crippen molar-refractivity contribution < 1.29 is 9.50 Å². The van der Waals surface area contributed by atoms with E-state index in [1.54, 1.807) is 6.07 Å². The summed E-state index contributed by atoms with van der Waals surface area (Å²) in [5.41, 5.74) is 0.671. The van der Waals surface area contributed by atoms with Crippen molar-refractivity contribution in [2.24, 2.45) is 0 Å². The third-order valence-electron chi connectivity index (χ3n) is 3.23. The van der Waals surface area contributed by atoms with Crippen LogP contribution in [0.3, 0.4) is 0 Å². The fourth-order valence-electron chi connectivity index (χ4n) is 2.21. The fraction of sp³-hybridized carbons (Fsp3) is 0.571. The van der Waals surface area contributed by atoms with Gasteiger partial charge in [0.15, 0.2) is 0 Å². The number of hydrogen-bond acceptors (Lipinski definition) is 2. The molecule has 0 unspecified atom stereocenters. The van der Waals surface area contributed by atoms with Gasteiger partial charge in [-0.05, 0) is 31.0 Å². The summed E-state index contributed by atoms with van der Waals surface area (Å²) in [7, 11) is 0. The highest BCUT2D eigenvalue weighted by Gasteiger charge is 2.16. The van der Waals surface area contributed by atoms with Crippen molar-refractivity contribution in [3.05, 3.63) is 34.1 Å². The SMILES string of the molecule is CCC(CC)N(CCO)Cc1cc(Br)ccc1F. The first-order chi connectivity index (χ1) is 8.62. The van der Waals surface area contributed by atoms with Crippen LogP contribution in [0, 0.1) is 5.82 Å². The summed E-state index contributed by atoms with van der Waals surface area (Å²) in [6.07, 6.45) is 2.01. The lowest BCUT2D eigenvalue weighted by atomic mass is 10.1. The minimum absolute atomic E-state index is 0.103. The Hall–Kier alpha value is -0.450. The number of hydrogen-bond donors (Lipinski definition) is 1. The van der Waals surface area contributed by atoms with Crippen LogP contribution in [0.1, 0.15) is 32.3 Å². The van der Waals surface area contributed by atoms with Gasteiger partial charge in [-0.3, -0.25) is 4.90 Å². The highest BCUT2D eigenvalue weighted by molar-refractivity contribution is 9.10. The van der Waals surface area contributed by atoms with E-state index in [2.05, 4.69) is 34.7 Å². The molecule has 4 heteroatoms. The van der Waals surface area contributed by atoms with Crippen LogP contribution in [-0.2, 0) is 6.54 Å². The maximum absolute atomic E-state index is 13.7. The molecule has 0 fully saturated rings. The standard InChI is InChI=1S/C14H21BrFNO/c1-3-13(4-2)17(7-8-18)10-11-9-12(15)5-6-14(11)16/h5-6,9,13,18H,3-4,7-8,10H2,1-2H3. The lowest BCUT2D eigenvalue weighted by molar-refractivity contribution is 0.135. The highest BCUT2D eigenvalue weighted by atomic mass is 79.9. The quantitative estimate of drug-likeness (QED) is 0.831. The van der Waals surface area contributed by atoms with E-state index in [1.807, 2.05) is 6.07 Å². The van der Waals surface area contributed by atoms with Crippen molar-refractivity contribution in [2.75, 3.05) is 13.2 Å². The summed E-state index contributed by atoms with van der Waals surface area (Å²) in [4.78, 5) is 2.14. The minimum Gasteiger partial charge on any atom is -0.395 e. The van der Waals surface area contributed by atoms with E-state index in [9.17, 15) is 4.39 Å². The Morgan fingerprint density at radius 3 is 2.56 bits per heavy atom. The summed E-state index contributed by atoms with van der Waals surface area (Å²) in [5.74, 6) is -0.188. The molecule has 0 saturated heterocycles. The van der Waals surface area contributed by atoms with Crippen molar-refractivity contribution in [2.45, 2.75) is 39.3 Å². The first-order valence-corrected chi connectivity index (χ1v) is 7.20. The number of benzene rings is 1. The van der Waals surface area contributed by atoms with E-state index in [0.29, 0.717) is 24.7 Å². The summed E-state index contributed by atoms with van der Waals surface area (Å²) in [6.45, 7) is 5.47. The second-order valence-electron chi connectivity index (χ2n) is 4.40. The molecule has 0 amide bonds. The van der Waals surface area contributed by atoms with Crippen LogP contribution in [0.15, 0.2) is 22.7 Å². The predicted molar refractivity (Wildman–Crippen MR) is 76.0 cm³/mol. The zero-order chi connectivity index (χ0) is 13.5. The smallest absolute Gasteiger partial charge is 0.127 e. The number of aliphatic hydroxyl groups is 1. The van der Waals surface area contributed by atoms with Crippen molar-refractivity contribution >= 4 is 15.9 Å². The molecule has 1 rings (SSSR count). The molecular weight excluding hydrogens is 297 g/mol. The van der Waals surface area contributed by atoms with E-state index in [-0.39, 0.29) is 12.4 Å². The van der Waals surface area contributed by atoms with Gasteiger partial charge in [-0.1, -0.05) is 29.8 Å². The van der Waals surface area contributed by atoms with Crippen LogP contribution in [0.5, 0.6) is 0 Å². The van der Waals surface area contributed by atoms with E-state index < -0.39 is 0 Å². The number of rotatable bonds is 7. The van der Waals surface area contributed by atoms with E-state index in [1.165, 1.54) is 6.07 Å². The third-order valence-corrected chi connectivity index (χ3v) is 3.72. The lowest BCUT2D eigenvalue weighted by Crippen LogP contribution is -2.36. The Morgan fingerprint density at radius 1 is 1.33 bits per heavy atom. The van der Waals surface area contributed by atoms with Gasteiger partial charge in [0.2, 0.25) is 0 Å². The van der Waals surface area contributed by atoms with Gasteiger partial charge in [-0.2, -0.15) is 0 Å². The molecular formula is C14H21BrFNO. The molecule has 0 aromatic heterocycles. The molecule has 102 valence electrons. The molecule has 0 aliphatic rings. The average Bonchev–Trinajstić information content (AvgIpc) is 2.35. The molecule has 0 heterocycles. The highest BCUT2D eigenvalue weighted by Crippen LogP contribution is 2.19. The molecule has 0 aliphatic carbocycles. The second kappa shape index (κ2) is 7.87. The Bertz CT molecular complexity index is 369. The first kappa shape index (κ1) is 15.6. The van der Waals surface area contributed by atoms with E-state index in [4.69, 9.17) is 5.11 Å². The zero-order valence-corrected chi connectivity index (χ0v) is 12.6. The van der Waals surface area contributed by atoms with Gasteiger partial charge in [0.1, 0.15) is 5.82 Å². The summed E-state index contributed by atoms with van der Waals surface area (Å²) in [6, 6.07) is 5.37. The third kappa shape index (κ3) is 4.34. The van der Waals surface area contributed by atoms with Crippen molar-refractivity contribution in [1.29, 1.82) is 0 Å². The van der Waals surface area contributed by atoms with Crippen LogP contribution in [0.25, 0.3) is 0 Å². The molecule has 0 aliphatic heterocycles. The predicted octanol–water partition coefficient (Wildman–Crippen LogP) is 3.57. The average molecular weight is 318 g/mol. The molecule has 1 aromatic rings. The summed E-state index contributed by atoms with van der Waals surface area (Å²) in [5, 5.41) is 9.13. The first-order valence-electron chi connectivity index (χ1n) is 6.41. The van der Waals surface area contributed by atoms with E-state index in [0.717, 1.165) is 17.3 Å². The normalized spacial score (nSPS) is 11.5. The lowest BCUT2D eigenvalue weighted by Gasteiger charge is -2.30. The molecule has 1 aromatic carbocycles. The van der Waals surface area contributed by atoms with Gasteiger partial charge >= 0.3 is 0 Å². The van der Waals surface area contributed by atoms with Crippen molar-refractivity contribution in [3.63, 3.8) is 0 Å². The minimum atomic E-state index is -0.188. The zero-order valence-electron chi connectivity index (χ0n) is 11.0. The Kier molecular flexibility index (Phi) is 6.82. The van der Waals surface area contributed by atoms with Crippen LogP contribution in [0.4, 0.5) is 4.39 Å². The monoisotopic (exact) mass is 317 g/mol. The topological polar surface area (TPSA) is 23.5 Å². The largest absolute Gasteiger partial charge is 0.395 e. The molecule has 0 radical (unpaired) electrons. The van der Waals surface area contributed by atoms with Gasteiger partial charge in [0.25, 0.3) is 0 Å². The van der Waals surface area contributed by atoms with Crippen molar-refractivity contribution in [3.8, 4) is 0 Å². The molecule has 1 N–H and O–H groups in total. The number of nitrogens with zero attached hydrogens (tertiary/aromatic N) is 1. The fourth-order valence-corrected chi connectivity index (χ4v) is 2.62. The maximum atomic E-state index is 13.7. The van der Waals surface area contributed by atoms with Gasteiger partial charge in [0, 0.05) is 29.2 Å². The number of halogens is 2. The van der Waals surface area contributed by atoms with Crippen LogP contribution < -0.4 is 0 Å². The van der Waals surface area contributed by atoms with Crippen molar-refractivity contribution in [1.82, 2.24) is 4.90 Å². The second-order valence-corrected chi connectivity index (χ2v) is 5.32.